The van der Waals surface area contributed by atoms with Gasteiger partial charge in [-0.1, -0.05) is 0 Å². The van der Waals surface area contributed by atoms with Crippen LogP contribution in [0, 0.1) is 23.0 Å². The maximum Gasteiger partial charge on any atom is 0.333 e. The van der Waals surface area contributed by atoms with Gasteiger partial charge in [-0.3, -0.25) is 10.1 Å². The molecule has 0 radical (unpaired) electrons. The lowest BCUT2D eigenvalue weighted by atomic mass is 9.82. The number of anilines is 1. The Morgan fingerprint density at radius 3 is 2.72 bits per heavy atom. The molecule has 1 N–H and O–H groups in total. The fraction of sp³-hybridized carbons (Fsp3) is 0.727. The minimum atomic E-state index is -0.385. The summed E-state index contributed by atoms with van der Waals surface area (Å²) in [5.74, 6) is 0.929. The number of aryl methyl sites for hydroxylation is 2. The molecule has 0 unspecified atom stereocenters. The fourth-order valence-electron chi connectivity index (χ4n) is 2.60. The third-order valence-electron chi connectivity index (χ3n) is 3.45. The second-order valence-electron chi connectivity index (χ2n) is 5.01. The molecule has 7 nitrogen and oxygen atoms in total. The molecule has 0 bridgehead atoms. The van der Waals surface area contributed by atoms with Crippen LogP contribution in [0.2, 0.25) is 0 Å². The lowest BCUT2D eigenvalue weighted by Gasteiger charge is -2.34. The number of nitro groups is 1. The van der Waals surface area contributed by atoms with Crippen molar-refractivity contribution in [2.45, 2.75) is 25.9 Å². The summed E-state index contributed by atoms with van der Waals surface area (Å²) >= 11 is 0. The molecule has 1 saturated carbocycles. The molecular weight excluding hydrogens is 236 g/mol. The van der Waals surface area contributed by atoms with Crippen LogP contribution in [0.3, 0.4) is 0 Å². The van der Waals surface area contributed by atoms with E-state index in [-0.39, 0.29) is 16.7 Å². The SMILES string of the molecule is Cc1nn(C)c(N(C)CC2CC(O)C2)c1[N+](=O)[O-]. The largest absolute Gasteiger partial charge is 0.393 e. The van der Waals surface area contributed by atoms with Gasteiger partial charge in [0.05, 0.1) is 11.0 Å². The molecule has 100 valence electrons. The average molecular weight is 254 g/mol. The Labute approximate surface area is 105 Å². The third kappa shape index (κ3) is 2.17. The Kier molecular flexibility index (Phi) is 3.25. The molecule has 0 aliphatic heterocycles. The molecule has 0 aromatic carbocycles. The average Bonchev–Trinajstić information content (AvgIpc) is 2.51. The molecule has 7 heteroatoms. The van der Waals surface area contributed by atoms with Crippen molar-refractivity contribution >= 4 is 11.5 Å². The highest BCUT2D eigenvalue weighted by Gasteiger charge is 2.32. The standard InChI is InChI=1S/C11H18N4O3/c1-7-10(15(17)18)11(14(3)12-7)13(2)6-8-4-9(16)5-8/h8-9,16H,4-6H2,1-3H3. The second kappa shape index (κ2) is 4.56. The maximum absolute atomic E-state index is 11.1. The maximum atomic E-state index is 11.1. The summed E-state index contributed by atoms with van der Waals surface area (Å²) in [7, 11) is 3.54. The van der Waals surface area contributed by atoms with Crippen LogP contribution >= 0.6 is 0 Å². The van der Waals surface area contributed by atoms with Gasteiger partial charge in [0, 0.05) is 20.6 Å². The molecule has 0 spiro atoms. The van der Waals surface area contributed by atoms with Crippen molar-refractivity contribution in [2.24, 2.45) is 13.0 Å². The van der Waals surface area contributed by atoms with Crippen LogP contribution in [0.25, 0.3) is 0 Å². The number of nitrogens with zero attached hydrogens (tertiary/aromatic N) is 4. The highest BCUT2D eigenvalue weighted by molar-refractivity contribution is 5.60. The number of aromatic nitrogens is 2. The molecule has 2 rings (SSSR count). The normalized spacial score (nSPS) is 22.7. The Hall–Kier alpha value is -1.63. The molecule has 1 aromatic heterocycles. The van der Waals surface area contributed by atoms with Crippen molar-refractivity contribution in [1.29, 1.82) is 0 Å². The smallest absolute Gasteiger partial charge is 0.333 e. The van der Waals surface area contributed by atoms with Crippen molar-refractivity contribution in [1.82, 2.24) is 9.78 Å². The summed E-state index contributed by atoms with van der Waals surface area (Å²) in [5, 5.41) is 24.4. The Bertz CT molecular complexity index is 465. The molecule has 0 atom stereocenters. The van der Waals surface area contributed by atoms with Crippen molar-refractivity contribution in [3.63, 3.8) is 0 Å². The molecule has 1 fully saturated rings. The molecule has 1 aliphatic carbocycles. The summed E-state index contributed by atoms with van der Waals surface area (Å²) in [5.41, 5.74) is 0.498. The first kappa shape index (κ1) is 12.8. The van der Waals surface area contributed by atoms with Crippen LogP contribution in [0.1, 0.15) is 18.5 Å². The van der Waals surface area contributed by atoms with Gasteiger partial charge < -0.3 is 10.0 Å². The summed E-state index contributed by atoms with van der Waals surface area (Å²) in [4.78, 5) is 12.5. The van der Waals surface area contributed by atoms with Gasteiger partial charge in [0.1, 0.15) is 5.69 Å². The number of hydrogen-bond acceptors (Lipinski definition) is 5. The van der Waals surface area contributed by atoms with Gasteiger partial charge >= 0.3 is 5.69 Å². The zero-order chi connectivity index (χ0) is 13.4. The summed E-state index contributed by atoms with van der Waals surface area (Å²) in [6, 6.07) is 0. The molecule has 1 aromatic rings. The molecular formula is C11H18N4O3. The summed E-state index contributed by atoms with van der Waals surface area (Å²) < 4.78 is 1.54. The summed E-state index contributed by atoms with van der Waals surface area (Å²) in [6.45, 7) is 2.35. The lowest BCUT2D eigenvalue weighted by Crippen LogP contribution is -2.37. The van der Waals surface area contributed by atoms with E-state index in [0.717, 1.165) is 12.8 Å². The molecule has 0 amide bonds. The first-order valence-electron chi connectivity index (χ1n) is 5.97. The predicted molar refractivity (Wildman–Crippen MR) is 66.6 cm³/mol. The Morgan fingerprint density at radius 2 is 2.22 bits per heavy atom. The van der Waals surface area contributed by atoms with E-state index in [1.54, 1.807) is 18.7 Å². The quantitative estimate of drug-likeness (QED) is 0.636. The highest BCUT2D eigenvalue weighted by Crippen LogP contribution is 2.33. The first-order chi connectivity index (χ1) is 8.40. The number of aliphatic hydroxyl groups excluding tert-OH is 1. The molecule has 0 saturated heterocycles. The van der Waals surface area contributed by atoms with Gasteiger partial charge in [-0.2, -0.15) is 5.10 Å². The van der Waals surface area contributed by atoms with Gasteiger partial charge in [0.2, 0.25) is 5.82 Å². The van der Waals surface area contributed by atoms with E-state index in [0.29, 0.717) is 24.0 Å². The number of aliphatic hydroxyl groups is 1. The van der Waals surface area contributed by atoms with Crippen molar-refractivity contribution in [3.05, 3.63) is 15.8 Å². The third-order valence-corrected chi connectivity index (χ3v) is 3.45. The minimum Gasteiger partial charge on any atom is -0.393 e. The minimum absolute atomic E-state index is 0.0693. The molecule has 1 heterocycles. The van der Waals surface area contributed by atoms with Gasteiger partial charge in [-0.05, 0) is 25.7 Å². The van der Waals surface area contributed by atoms with Crippen molar-refractivity contribution in [3.8, 4) is 0 Å². The summed E-state index contributed by atoms with van der Waals surface area (Å²) in [6.07, 6.45) is 1.34. The van der Waals surface area contributed by atoms with Crippen LogP contribution in [0.15, 0.2) is 0 Å². The van der Waals surface area contributed by atoms with Crippen molar-refractivity contribution in [2.75, 3.05) is 18.5 Å². The monoisotopic (exact) mass is 254 g/mol. The van der Waals surface area contributed by atoms with Gasteiger partial charge in [0.25, 0.3) is 0 Å². The van der Waals surface area contributed by atoms with E-state index in [2.05, 4.69) is 5.10 Å². The molecule has 1 aliphatic rings. The first-order valence-corrected chi connectivity index (χ1v) is 5.97. The van der Waals surface area contributed by atoms with E-state index in [1.807, 2.05) is 11.9 Å². The topological polar surface area (TPSA) is 84.4 Å². The zero-order valence-electron chi connectivity index (χ0n) is 10.8. The van der Waals surface area contributed by atoms with E-state index < -0.39 is 0 Å². The van der Waals surface area contributed by atoms with E-state index >= 15 is 0 Å². The number of hydrogen-bond donors (Lipinski definition) is 1. The second-order valence-corrected chi connectivity index (χ2v) is 5.01. The molecule has 18 heavy (non-hydrogen) atoms. The lowest BCUT2D eigenvalue weighted by molar-refractivity contribution is -0.384. The highest BCUT2D eigenvalue weighted by atomic mass is 16.6. The number of rotatable bonds is 4. The van der Waals surface area contributed by atoms with E-state index in [9.17, 15) is 15.2 Å². The van der Waals surface area contributed by atoms with Crippen LogP contribution in [0.5, 0.6) is 0 Å². The van der Waals surface area contributed by atoms with Gasteiger partial charge in [0.15, 0.2) is 0 Å². The Morgan fingerprint density at radius 1 is 1.61 bits per heavy atom. The van der Waals surface area contributed by atoms with Crippen LogP contribution < -0.4 is 4.90 Å². The van der Waals surface area contributed by atoms with E-state index in [1.165, 1.54) is 0 Å². The fourth-order valence-corrected chi connectivity index (χ4v) is 2.60. The zero-order valence-corrected chi connectivity index (χ0v) is 10.8. The van der Waals surface area contributed by atoms with Gasteiger partial charge in [-0.15, -0.1) is 0 Å². The van der Waals surface area contributed by atoms with Gasteiger partial charge in [-0.25, -0.2) is 4.68 Å². The van der Waals surface area contributed by atoms with Crippen molar-refractivity contribution < 1.29 is 10.0 Å². The van der Waals surface area contributed by atoms with Crippen LogP contribution in [-0.4, -0.2) is 39.5 Å². The Balaban J connectivity index is 2.18. The predicted octanol–water partition coefficient (Wildman–Crippen LogP) is 0.844. The van der Waals surface area contributed by atoms with Crippen LogP contribution in [-0.2, 0) is 7.05 Å². The van der Waals surface area contributed by atoms with E-state index in [4.69, 9.17) is 0 Å². The van der Waals surface area contributed by atoms with Crippen LogP contribution in [0.4, 0.5) is 11.5 Å².